The van der Waals surface area contributed by atoms with Gasteiger partial charge in [0.15, 0.2) is 6.10 Å². The largest absolute Gasteiger partial charge is 0.479 e. The highest BCUT2D eigenvalue weighted by Gasteiger charge is 2.17. The maximum absolute atomic E-state index is 6.07. The summed E-state index contributed by atoms with van der Waals surface area (Å²) in [6, 6.07) is 16.9. The predicted molar refractivity (Wildman–Crippen MR) is 80.2 cm³/mol. The van der Waals surface area contributed by atoms with Crippen molar-refractivity contribution >= 4 is 11.6 Å². The van der Waals surface area contributed by atoms with Crippen molar-refractivity contribution in [1.82, 2.24) is 10.2 Å². The molecule has 0 saturated carbocycles. The van der Waals surface area contributed by atoms with Crippen LogP contribution in [-0.4, -0.2) is 10.2 Å². The van der Waals surface area contributed by atoms with Crippen LogP contribution in [0.4, 0.5) is 0 Å². The second kappa shape index (κ2) is 5.97. The second-order valence-corrected chi connectivity index (χ2v) is 4.91. The van der Waals surface area contributed by atoms with Gasteiger partial charge in [-0.15, -0.1) is 10.2 Å². The van der Waals surface area contributed by atoms with Crippen LogP contribution in [0.2, 0.25) is 5.02 Å². The van der Waals surface area contributed by atoms with Crippen molar-refractivity contribution in [2.75, 3.05) is 0 Å². The number of benzene rings is 2. The molecular formula is C16H13ClN2O2. The summed E-state index contributed by atoms with van der Waals surface area (Å²) in [4.78, 5) is 0. The minimum absolute atomic E-state index is 0.380. The SMILES string of the molecule is CC(Oc1ccccc1Cl)c1nnc(-c2ccccc2)o1. The van der Waals surface area contributed by atoms with E-state index in [-0.39, 0.29) is 6.10 Å². The van der Waals surface area contributed by atoms with Gasteiger partial charge in [-0.1, -0.05) is 41.9 Å². The van der Waals surface area contributed by atoms with Gasteiger partial charge in [0, 0.05) is 5.56 Å². The van der Waals surface area contributed by atoms with Crippen LogP contribution in [0.3, 0.4) is 0 Å². The fraction of sp³-hybridized carbons (Fsp3) is 0.125. The van der Waals surface area contributed by atoms with E-state index in [1.165, 1.54) is 0 Å². The first kappa shape index (κ1) is 13.6. The summed E-state index contributed by atoms with van der Waals surface area (Å²) >= 11 is 6.07. The number of halogens is 1. The Hall–Kier alpha value is -2.33. The molecule has 1 atom stereocenters. The zero-order valence-corrected chi connectivity index (χ0v) is 12.1. The van der Waals surface area contributed by atoms with E-state index in [0.29, 0.717) is 22.6 Å². The third-order valence-electron chi connectivity index (χ3n) is 2.95. The number of nitrogens with zero attached hydrogens (tertiary/aromatic N) is 2. The van der Waals surface area contributed by atoms with E-state index in [0.717, 1.165) is 5.56 Å². The third-order valence-corrected chi connectivity index (χ3v) is 3.26. The number of ether oxygens (including phenoxy) is 1. The van der Waals surface area contributed by atoms with Gasteiger partial charge in [0.05, 0.1) is 5.02 Å². The fourth-order valence-electron chi connectivity index (χ4n) is 1.88. The Bertz CT molecular complexity index is 728. The van der Waals surface area contributed by atoms with Gasteiger partial charge in [-0.3, -0.25) is 0 Å². The van der Waals surface area contributed by atoms with Gasteiger partial charge in [-0.25, -0.2) is 0 Å². The number of hydrogen-bond donors (Lipinski definition) is 0. The van der Waals surface area contributed by atoms with E-state index in [1.807, 2.05) is 49.4 Å². The first-order chi connectivity index (χ1) is 10.2. The Morgan fingerprint density at radius 3 is 2.48 bits per heavy atom. The molecular weight excluding hydrogens is 288 g/mol. The molecule has 5 heteroatoms. The topological polar surface area (TPSA) is 48.2 Å². The van der Waals surface area contributed by atoms with E-state index in [4.69, 9.17) is 20.8 Å². The molecule has 1 aromatic heterocycles. The van der Waals surface area contributed by atoms with Crippen LogP contribution in [-0.2, 0) is 0 Å². The maximum atomic E-state index is 6.07. The zero-order valence-electron chi connectivity index (χ0n) is 11.4. The van der Waals surface area contributed by atoms with Crippen molar-refractivity contribution in [2.24, 2.45) is 0 Å². The standard InChI is InChI=1S/C16H13ClN2O2/c1-11(20-14-10-6-5-9-13(14)17)15-18-19-16(21-15)12-7-3-2-4-8-12/h2-11H,1H3. The molecule has 0 aliphatic heterocycles. The third kappa shape index (κ3) is 3.06. The first-order valence-electron chi connectivity index (χ1n) is 6.54. The lowest BCUT2D eigenvalue weighted by Gasteiger charge is -2.11. The molecule has 0 N–H and O–H groups in total. The maximum Gasteiger partial charge on any atom is 0.257 e. The van der Waals surface area contributed by atoms with E-state index in [1.54, 1.807) is 12.1 Å². The number of rotatable bonds is 4. The summed E-state index contributed by atoms with van der Waals surface area (Å²) in [6.07, 6.45) is -0.380. The average Bonchev–Trinajstić information content (AvgIpc) is 3.00. The Morgan fingerprint density at radius 1 is 1.00 bits per heavy atom. The lowest BCUT2D eigenvalue weighted by molar-refractivity contribution is 0.190. The summed E-state index contributed by atoms with van der Waals surface area (Å²) in [6.45, 7) is 1.84. The van der Waals surface area contributed by atoms with Gasteiger partial charge in [0.25, 0.3) is 5.89 Å². The van der Waals surface area contributed by atoms with Crippen molar-refractivity contribution < 1.29 is 9.15 Å². The molecule has 1 heterocycles. The molecule has 0 aliphatic carbocycles. The Kier molecular flexibility index (Phi) is 3.88. The molecule has 2 aromatic carbocycles. The van der Waals surface area contributed by atoms with Gasteiger partial charge in [0.2, 0.25) is 5.89 Å². The number of hydrogen-bond acceptors (Lipinski definition) is 4. The van der Waals surface area contributed by atoms with Crippen molar-refractivity contribution in [3.05, 3.63) is 65.5 Å². The van der Waals surface area contributed by atoms with Crippen molar-refractivity contribution in [1.29, 1.82) is 0 Å². The van der Waals surface area contributed by atoms with E-state index >= 15 is 0 Å². The first-order valence-corrected chi connectivity index (χ1v) is 6.92. The van der Waals surface area contributed by atoms with Gasteiger partial charge >= 0.3 is 0 Å². The van der Waals surface area contributed by atoms with Crippen molar-refractivity contribution in [3.8, 4) is 17.2 Å². The van der Waals surface area contributed by atoms with Crippen molar-refractivity contribution in [2.45, 2.75) is 13.0 Å². The Labute approximate surface area is 127 Å². The number of para-hydroxylation sites is 1. The predicted octanol–water partition coefficient (Wildman–Crippen LogP) is 4.53. The molecule has 0 amide bonds. The van der Waals surface area contributed by atoms with Crippen LogP contribution in [0.15, 0.2) is 59.0 Å². The van der Waals surface area contributed by atoms with Crippen LogP contribution in [0.5, 0.6) is 5.75 Å². The van der Waals surface area contributed by atoms with Crippen molar-refractivity contribution in [3.63, 3.8) is 0 Å². The molecule has 3 aromatic rings. The molecule has 0 spiro atoms. The van der Waals surface area contributed by atoms with E-state index < -0.39 is 0 Å². The highest BCUT2D eigenvalue weighted by Crippen LogP contribution is 2.29. The molecule has 0 aliphatic rings. The van der Waals surface area contributed by atoms with Crippen LogP contribution in [0.25, 0.3) is 11.5 Å². The summed E-state index contributed by atoms with van der Waals surface area (Å²) in [7, 11) is 0. The second-order valence-electron chi connectivity index (χ2n) is 4.50. The van der Waals surface area contributed by atoms with Gasteiger partial charge in [-0.05, 0) is 31.2 Å². The molecule has 0 saturated heterocycles. The molecule has 0 fully saturated rings. The fourth-order valence-corrected chi connectivity index (χ4v) is 2.06. The zero-order chi connectivity index (χ0) is 14.7. The van der Waals surface area contributed by atoms with E-state index in [2.05, 4.69) is 10.2 Å². The molecule has 106 valence electrons. The summed E-state index contributed by atoms with van der Waals surface area (Å²) < 4.78 is 11.4. The summed E-state index contributed by atoms with van der Waals surface area (Å²) in [5.41, 5.74) is 0.876. The molecule has 4 nitrogen and oxygen atoms in total. The van der Waals surface area contributed by atoms with Crippen LogP contribution in [0.1, 0.15) is 18.9 Å². The molecule has 3 rings (SSSR count). The molecule has 0 radical (unpaired) electrons. The quantitative estimate of drug-likeness (QED) is 0.710. The molecule has 21 heavy (non-hydrogen) atoms. The lowest BCUT2D eigenvalue weighted by atomic mass is 10.2. The molecule has 1 unspecified atom stereocenters. The van der Waals surface area contributed by atoms with Crippen LogP contribution in [0, 0.1) is 0 Å². The van der Waals surface area contributed by atoms with Crippen LogP contribution < -0.4 is 4.74 Å². The highest BCUT2D eigenvalue weighted by atomic mass is 35.5. The molecule has 0 bridgehead atoms. The average molecular weight is 301 g/mol. The highest BCUT2D eigenvalue weighted by molar-refractivity contribution is 6.32. The Balaban J connectivity index is 1.79. The Morgan fingerprint density at radius 2 is 1.71 bits per heavy atom. The smallest absolute Gasteiger partial charge is 0.257 e. The number of aromatic nitrogens is 2. The lowest BCUT2D eigenvalue weighted by Crippen LogP contribution is -2.03. The van der Waals surface area contributed by atoms with Crippen LogP contribution >= 0.6 is 11.6 Å². The summed E-state index contributed by atoms with van der Waals surface area (Å²) in [5.74, 6) is 1.47. The van der Waals surface area contributed by atoms with Gasteiger partial charge in [-0.2, -0.15) is 0 Å². The van der Waals surface area contributed by atoms with Gasteiger partial charge < -0.3 is 9.15 Å². The normalized spacial score (nSPS) is 12.1. The summed E-state index contributed by atoms with van der Waals surface area (Å²) in [5, 5.41) is 8.62. The monoisotopic (exact) mass is 300 g/mol. The van der Waals surface area contributed by atoms with Gasteiger partial charge in [0.1, 0.15) is 5.75 Å². The minimum Gasteiger partial charge on any atom is -0.479 e. The van der Waals surface area contributed by atoms with E-state index in [9.17, 15) is 0 Å². The minimum atomic E-state index is -0.380.